The van der Waals surface area contributed by atoms with Gasteiger partial charge in [-0.25, -0.2) is 0 Å². The summed E-state index contributed by atoms with van der Waals surface area (Å²) in [4.78, 5) is 2.29. The van der Waals surface area contributed by atoms with Gasteiger partial charge in [-0.3, -0.25) is 0 Å². The molecule has 1 aliphatic rings. The molecular formula is C12H26N2O. The van der Waals surface area contributed by atoms with E-state index in [1.807, 2.05) is 0 Å². The van der Waals surface area contributed by atoms with Gasteiger partial charge in [-0.05, 0) is 31.8 Å². The van der Waals surface area contributed by atoms with E-state index in [9.17, 15) is 5.11 Å². The Labute approximate surface area is 93.6 Å². The molecule has 0 spiro atoms. The van der Waals surface area contributed by atoms with Gasteiger partial charge >= 0.3 is 0 Å². The lowest BCUT2D eigenvalue weighted by atomic mass is 9.88. The molecule has 1 aliphatic carbocycles. The largest absolute Gasteiger partial charge is 0.391 e. The molecule has 0 aliphatic heterocycles. The highest BCUT2D eigenvalue weighted by molar-refractivity contribution is 4.84. The Morgan fingerprint density at radius 3 is 2.47 bits per heavy atom. The number of aliphatic hydroxyl groups excluding tert-OH is 1. The first-order valence-electron chi connectivity index (χ1n) is 6.05. The summed E-state index contributed by atoms with van der Waals surface area (Å²) in [5, 5.41) is 9.94. The van der Waals surface area contributed by atoms with Gasteiger partial charge < -0.3 is 15.7 Å². The lowest BCUT2D eigenvalue weighted by Gasteiger charge is -2.39. The van der Waals surface area contributed by atoms with Crippen LogP contribution in [0.15, 0.2) is 0 Å². The van der Waals surface area contributed by atoms with Gasteiger partial charge in [0.1, 0.15) is 0 Å². The van der Waals surface area contributed by atoms with Crippen LogP contribution in [-0.4, -0.2) is 42.3 Å². The van der Waals surface area contributed by atoms with Gasteiger partial charge in [-0.15, -0.1) is 0 Å². The molecule has 1 rings (SSSR count). The van der Waals surface area contributed by atoms with Crippen LogP contribution in [0.5, 0.6) is 0 Å². The SMILES string of the molecule is CN(CC(C)(C)CN)C1CCCCC1O. The number of likely N-dealkylation sites (N-methyl/N-ethyl adjacent to an activating group) is 1. The highest BCUT2D eigenvalue weighted by atomic mass is 16.3. The zero-order valence-electron chi connectivity index (χ0n) is 10.4. The Morgan fingerprint density at radius 1 is 1.33 bits per heavy atom. The normalized spacial score (nSPS) is 28.4. The van der Waals surface area contributed by atoms with E-state index in [2.05, 4.69) is 25.8 Å². The molecule has 3 heteroatoms. The third-order valence-electron chi connectivity index (χ3n) is 3.49. The van der Waals surface area contributed by atoms with Crippen molar-refractivity contribution in [1.82, 2.24) is 4.90 Å². The van der Waals surface area contributed by atoms with Crippen molar-refractivity contribution in [3.8, 4) is 0 Å². The summed E-state index contributed by atoms with van der Waals surface area (Å²) in [6.07, 6.45) is 4.36. The van der Waals surface area contributed by atoms with Gasteiger partial charge in [0.15, 0.2) is 0 Å². The molecule has 0 aromatic heterocycles. The summed E-state index contributed by atoms with van der Waals surface area (Å²) in [5.41, 5.74) is 5.87. The number of hydrogen-bond acceptors (Lipinski definition) is 3. The van der Waals surface area contributed by atoms with E-state index in [1.165, 1.54) is 12.8 Å². The molecule has 0 bridgehead atoms. The van der Waals surface area contributed by atoms with Gasteiger partial charge in [0, 0.05) is 12.6 Å². The quantitative estimate of drug-likeness (QED) is 0.739. The Hall–Kier alpha value is -0.120. The van der Waals surface area contributed by atoms with Gasteiger partial charge in [-0.1, -0.05) is 26.7 Å². The lowest BCUT2D eigenvalue weighted by Crippen LogP contribution is -2.48. The zero-order chi connectivity index (χ0) is 11.5. The number of nitrogens with zero attached hydrogens (tertiary/aromatic N) is 1. The van der Waals surface area contributed by atoms with E-state index in [0.717, 1.165) is 19.4 Å². The molecule has 2 unspecified atom stereocenters. The topological polar surface area (TPSA) is 49.5 Å². The van der Waals surface area contributed by atoms with Crippen LogP contribution >= 0.6 is 0 Å². The molecule has 2 atom stereocenters. The van der Waals surface area contributed by atoms with E-state index in [4.69, 9.17) is 5.73 Å². The van der Waals surface area contributed by atoms with Crippen molar-refractivity contribution in [1.29, 1.82) is 0 Å². The molecular weight excluding hydrogens is 188 g/mol. The van der Waals surface area contributed by atoms with Crippen molar-refractivity contribution >= 4 is 0 Å². The fourth-order valence-electron chi connectivity index (χ4n) is 2.46. The van der Waals surface area contributed by atoms with Crippen LogP contribution in [0.1, 0.15) is 39.5 Å². The first-order chi connectivity index (χ1) is 6.96. The van der Waals surface area contributed by atoms with Crippen molar-refractivity contribution in [2.24, 2.45) is 11.1 Å². The summed E-state index contributed by atoms with van der Waals surface area (Å²) in [6, 6.07) is 0.338. The maximum atomic E-state index is 9.94. The van der Waals surface area contributed by atoms with Crippen molar-refractivity contribution in [2.75, 3.05) is 20.1 Å². The molecule has 3 nitrogen and oxygen atoms in total. The number of hydrogen-bond donors (Lipinski definition) is 2. The third-order valence-corrected chi connectivity index (χ3v) is 3.49. The van der Waals surface area contributed by atoms with Gasteiger partial charge in [0.2, 0.25) is 0 Å². The van der Waals surface area contributed by atoms with Crippen molar-refractivity contribution in [3.05, 3.63) is 0 Å². The monoisotopic (exact) mass is 214 g/mol. The van der Waals surface area contributed by atoms with Crippen LogP contribution in [0.4, 0.5) is 0 Å². The van der Waals surface area contributed by atoms with Crippen molar-refractivity contribution in [2.45, 2.75) is 51.7 Å². The minimum atomic E-state index is -0.141. The molecule has 1 fully saturated rings. The fourth-order valence-corrected chi connectivity index (χ4v) is 2.46. The highest BCUT2D eigenvalue weighted by Gasteiger charge is 2.29. The van der Waals surface area contributed by atoms with Gasteiger partial charge in [-0.2, -0.15) is 0 Å². The Morgan fingerprint density at radius 2 is 1.93 bits per heavy atom. The summed E-state index contributed by atoms with van der Waals surface area (Å²) in [5.74, 6) is 0. The van der Waals surface area contributed by atoms with Crippen LogP contribution < -0.4 is 5.73 Å². The molecule has 90 valence electrons. The third kappa shape index (κ3) is 3.74. The predicted octanol–water partition coefficient (Wildman–Crippen LogP) is 1.21. The standard InChI is InChI=1S/C12H26N2O/c1-12(2,8-13)9-14(3)10-6-4-5-7-11(10)15/h10-11,15H,4-9,13H2,1-3H3. The van der Waals surface area contributed by atoms with Gasteiger partial charge in [0.25, 0.3) is 0 Å². The molecule has 3 N–H and O–H groups in total. The van der Waals surface area contributed by atoms with E-state index in [1.54, 1.807) is 0 Å². The summed E-state index contributed by atoms with van der Waals surface area (Å²) >= 11 is 0. The number of aliphatic hydroxyl groups is 1. The van der Waals surface area contributed by atoms with E-state index < -0.39 is 0 Å². The van der Waals surface area contributed by atoms with Crippen LogP contribution in [0, 0.1) is 5.41 Å². The fraction of sp³-hybridized carbons (Fsp3) is 1.00. The summed E-state index contributed by atoms with van der Waals surface area (Å²) in [7, 11) is 2.11. The molecule has 15 heavy (non-hydrogen) atoms. The second-order valence-corrected chi connectivity index (χ2v) is 5.70. The van der Waals surface area contributed by atoms with E-state index in [-0.39, 0.29) is 11.5 Å². The van der Waals surface area contributed by atoms with Crippen LogP contribution in [-0.2, 0) is 0 Å². The first kappa shape index (κ1) is 12.9. The van der Waals surface area contributed by atoms with E-state index in [0.29, 0.717) is 12.6 Å². The van der Waals surface area contributed by atoms with Gasteiger partial charge in [0.05, 0.1) is 6.10 Å². The molecule has 0 heterocycles. The second-order valence-electron chi connectivity index (χ2n) is 5.70. The van der Waals surface area contributed by atoms with Crippen LogP contribution in [0.25, 0.3) is 0 Å². The average Bonchev–Trinajstić information content (AvgIpc) is 2.17. The summed E-state index contributed by atoms with van der Waals surface area (Å²) < 4.78 is 0. The predicted molar refractivity (Wildman–Crippen MR) is 63.7 cm³/mol. The molecule has 0 saturated heterocycles. The molecule has 0 aromatic carbocycles. The smallest absolute Gasteiger partial charge is 0.0695 e. The maximum Gasteiger partial charge on any atom is 0.0695 e. The Kier molecular flexibility index (Phi) is 4.56. The molecule has 0 aromatic rings. The Balaban J connectivity index is 2.48. The number of rotatable bonds is 4. The summed E-state index contributed by atoms with van der Waals surface area (Å²) in [6.45, 7) is 6.02. The van der Waals surface area contributed by atoms with Crippen molar-refractivity contribution < 1.29 is 5.11 Å². The van der Waals surface area contributed by atoms with Crippen LogP contribution in [0.3, 0.4) is 0 Å². The average molecular weight is 214 g/mol. The van der Waals surface area contributed by atoms with Crippen molar-refractivity contribution in [3.63, 3.8) is 0 Å². The Bertz CT molecular complexity index is 194. The molecule has 0 amide bonds. The maximum absolute atomic E-state index is 9.94. The number of nitrogens with two attached hydrogens (primary N) is 1. The molecule has 0 radical (unpaired) electrons. The van der Waals surface area contributed by atoms with Crippen LogP contribution in [0.2, 0.25) is 0 Å². The second kappa shape index (κ2) is 5.28. The first-order valence-corrected chi connectivity index (χ1v) is 6.05. The zero-order valence-corrected chi connectivity index (χ0v) is 10.4. The molecule has 1 saturated carbocycles. The highest BCUT2D eigenvalue weighted by Crippen LogP contribution is 2.25. The minimum Gasteiger partial charge on any atom is -0.391 e. The van der Waals surface area contributed by atoms with E-state index >= 15 is 0 Å². The minimum absolute atomic E-state index is 0.141. The lowest BCUT2D eigenvalue weighted by molar-refractivity contribution is 0.0181.